The van der Waals surface area contributed by atoms with Gasteiger partial charge in [0.1, 0.15) is 0 Å². The molecule has 120 valence electrons. The molecule has 2 atom stereocenters. The van der Waals surface area contributed by atoms with E-state index < -0.39 is 0 Å². The number of hydrogen-bond donors (Lipinski definition) is 2. The lowest BCUT2D eigenvalue weighted by atomic mass is 10.1. The Morgan fingerprint density at radius 3 is 1.55 bits per heavy atom. The Morgan fingerprint density at radius 1 is 0.900 bits per heavy atom. The summed E-state index contributed by atoms with van der Waals surface area (Å²) in [6.45, 7) is 13.3. The second-order valence-electron chi connectivity index (χ2n) is 6.11. The van der Waals surface area contributed by atoms with Crippen LogP contribution in [0.4, 0.5) is 0 Å². The van der Waals surface area contributed by atoms with Gasteiger partial charge in [0, 0.05) is 22.3 Å². The Bertz CT molecular complexity index is 225. The van der Waals surface area contributed by atoms with Crippen LogP contribution in [-0.2, 0) is 0 Å². The predicted octanol–water partition coefficient (Wildman–Crippen LogP) is 3.31. The zero-order valence-corrected chi connectivity index (χ0v) is 16.6. The summed E-state index contributed by atoms with van der Waals surface area (Å²) in [5, 5.41) is 8.95. The van der Waals surface area contributed by atoms with Crippen molar-refractivity contribution in [1.29, 1.82) is 0 Å². The largest absolute Gasteiger partial charge is 0.296 e. The SMILES string of the molecule is C=C([SiH3])C(NC(CC)CCCC)NC(CC)CCCC. The van der Waals surface area contributed by atoms with Gasteiger partial charge < -0.3 is 0 Å². The van der Waals surface area contributed by atoms with Crippen LogP contribution in [0, 0.1) is 0 Å². The molecule has 2 N–H and O–H groups in total. The van der Waals surface area contributed by atoms with Gasteiger partial charge in [-0.2, -0.15) is 0 Å². The van der Waals surface area contributed by atoms with Crippen molar-refractivity contribution in [3.8, 4) is 0 Å². The Hall–Kier alpha value is -0.123. The summed E-state index contributed by atoms with van der Waals surface area (Å²) in [6, 6.07) is 1.25. The first kappa shape index (κ1) is 19.9. The molecule has 0 amide bonds. The standard InChI is InChI=1S/C17H38N2Si/c1-6-10-12-15(8-3)18-17(14(5)20)19-16(9-4)13-11-7-2/h15-19H,5-13H2,1-4,20H3. The summed E-state index contributed by atoms with van der Waals surface area (Å²) in [5.74, 6) is 0. The first-order valence-corrected chi connectivity index (χ1v) is 9.76. The fourth-order valence-corrected chi connectivity index (χ4v) is 2.85. The molecule has 3 heteroatoms. The van der Waals surface area contributed by atoms with Gasteiger partial charge >= 0.3 is 0 Å². The highest BCUT2D eigenvalue weighted by molar-refractivity contribution is 6.21. The second kappa shape index (κ2) is 12.6. The average Bonchev–Trinajstić information content (AvgIpc) is 2.45. The average molecular weight is 299 g/mol. The maximum atomic E-state index is 4.23. The fourth-order valence-electron chi connectivity index (χ4n) is 2.52. The van der Waals surface area contributed by atoms with Gasteiger partial charge in [0.2, 0.25) is 0 Å². The number of hydrogen-bond acceptors (Lipinski definition) is 2. The molecule has 0 aromatic carbocycles. The molecule has 0 heterocycles. The monoisotopic (exact) mass is 298 g/mol. The van der Waals surface area contributed by atoms with E-state index in [-0.39, 0.29) is 0 Å². The Morgan fingerprint density at radius 2 is 1.30 bits per heavy atom. The molecule has 2 nitrogen and oxygen atoms in total. The molecule has 0 aliphatic heterocycles. The van der Waals surface area contributed by atoms with Gasteiger partial charge in [-0.25, -0.2) is 0 Å². The van der Waals surface area contributed by atoms with Crippen molar-refractivity contribution < 1.29 is 0 Å². The van der Waals surface area contributed by atoms with E-state index in [1.165, 1.54) is 56.6 Å². The highest BCUT2D eigenvalue weighted by atomic mass is 28.1. The van der Waals surface area contributed by atoms with E-state index in [9.17, 15) is 0 Å². The Kier molecular flexibility index (Phi) is 12.5. The van der Waals surface area contributed by atoms with Crippen LogP contribution >= 0.6 is 0 Å². The smallest absolute Gasteiger partial charge is 0.0749 e. The van der Waals surface area contributed by atoms with Gasteiger partial charge in [-0.05, 0) is 25.7 Å². The molecular formula is C17H38N2Si. The first-order chi connectivity index (χ1) is 9.58. The van der Waals surface area contributed by atoms with Crippen LogP contribution in [-0.4, -0.2) is 28.5 Å². The van der Waals surface area contributed by atoms with Crippen LogP contribution < -0.4 is 10.6 Å². The molecule has 0 aromatic heterocycles. The molecule has 0 saturated heterocycles. The maximum absolute atomic E-state index is 4.23. The molecule has 0 spiro atoms. The van der Waals surface area contributed by atoms with Crippen molar-refractivity contribution in [3.63, 3.8) is 0 Å². The molecule has 0 fully saturated rings. The van der Waals surface area contributed by atoms with Crippen molar-refractivity contribution >= 4 is 10.2 Å². The van der Waals surface area contributed by atoms with Crippen LogP contribution in [0.5, 0.6) is 0 Å². The minimum atomic E-state index is 0.324. The van der Waals surface area contributed by atoms with Gasteiger partial charge in [0.05, 0.1) is 6.17 Å². The molecule has 0 radical (unpaired) electrons. The van der Waals surface area contributed by atoms with Crippen molar-refractivity contribution in [2.45, 2.75) is 97.3 Å². The summed E-state index contributed by atoms with van der Waals surface area (Å²) >= 11 is 0. The van der Waals surface area contributed by atoms with Crippen LogP contribution in [0.3, 0.4) is 0 Å². The van der Waals surface area contributed by atoms with Crippen LogP contribution in [0.25, 0.3) is 0 Å². The molecular weight excluding hydrogens is 260 g/mol. The quantitative estimate of drug-likeness (QED) is 0.403. The number of rotatable bonds is 13. The van der Waals surface area contributed by atoms with Gasteiger partial charge in [0.15, 0.2) is 0 Å². The molecule has 0 bridgehead atoms. The second-order valence-corrected chi connectivity index (χ2v) is 7.39. The van der Waals surface area contributed by atoms with Crippen molar-refractivity contribution in [2.24, 2.45) is 0 Å². The Balaban J connectivity index is 4.41. The third kappa shape index (κ3) is 8.93. The van der Waals surface area contributed by atoms with Gasteiger partial charge in [0.25, 0.3) is 0 Å². The zero-order valence-electron chi connectivity index (χ0n) is 14.6. The van der Waals surface area contributed by atoms with E-state index in [4.69, 9.17) is 0 Å². The lowest BCUT2D eigenvalue weighted by Gasteiger charge is -2.30. The summed E-state index contributed by atoms with van der Waals surface area (Å²) in [7, 11) is 1.06. The van der Waals surface area contributed by atoms with Crippen molar-refractivity contribution in [2.75, 3.05) is 0 Å². The number of nitrogens with one attached hydrogen (secondary N) is 2. The van der Waals surface area contributed by atoms with Crippen LogP contribution in [0.2, 0.25) is 0 Å². The molecule has 0 rings (SSSR count). The summed E-state index contributed by atoms with van der Waals surface area (Å²) in [4.78, 5) is 0. The molecule has 2 unspecified atom stereocenters. The number of unbranched alkanes of at least 4 members (excludes halogenated alkanes) is 2. The molecule has 20 heavy (non-hydrogen) atoms. The molecule has 0 aliphatic carbocycles. The Labute approximate surface area is 130 Å². The lowest BCUT2D eigenvalue weighted by molar-refractivity contribution is 0.335. The van der Waals surface area contributed by atoms with E-state index in [1.54, 1.807) is 0 Å². The van der Waals surface area contributed by atoms with Gasteiger partial charge in [-0.3, -0.25) is 10.6 Å². The van der Waals surface area contributed by atoms with Gasteiger partial charge in [-0.1, -0.05) is 58.6 Å². The topological polar surface area (TPSA) is 24.1 Å². The summed E-state index contributed by atoms with van der Waals surface area (Å²) in [5.41, 5.74) is 0. The molecule has 0 saturated carbocycles. The van der Waals surface area contributed by atoms with Crippen LogP contribution in [0.15, 0.2) is 11.8 Å². The normalized spacial score (nSPS) is 16.0. The van der Waals surface area contributed by atoms with Crippen molar-refractivity contribution in [1.82, 2.24) is 10.6 Å². The third-order valence-electron chi connectivity index (χ3n) is 4.10. The highest BCUT2D eigenvalue weighted by Gasteiger charge is 2.17. The fraction of sp³-hybridized carbons (Fsp3) is 0.882. The molecule has 0 aliphatic rings. The first-order valence-electron chi connectivity index (χ1n) is 8.76. The van der Waals surface area contributed by atoms with Crippen molar-refractivity contribution in [3.05, 3.63) is 11.8 Å². The van der Waals surface area contributed by atoms with E-state index >= 15 is 0 Å². The lowest BCUT2D eigenvalue weighted by Crippen LogP contribution is -2.51. The minimum absolute atomic E-state index is 0.324. The minimum Gasteiger partial charge on any atom is -0.296 e. The summed E-state index contributed by atoms with van der Waals surface area (Å²) < 4.78 is 0. The predicted molar refractivity (Wildman–Crippen MR) is 96.3 cm³/mol. The summed E-state index contributed by atoms with van der Waals surface area (Å²) in [6.07, 6.45) is 10.5. The zero-order chi connectivity index (χ0) is 15.4. The maximum Gasteiger partial charge on any atom is 0.0749 e. The third-order valence-corrected chi connectivity index (χ3v) is 4.67. The molecule has 0 aromatic rings. The van der Waals surface area contributed by atoms with E-state index in [0.29, 0.717) is 18.2 Å². The van der Waals surface area contributed by atoms with E-state index in [1.807, 2.05) is 0 Å². The van der Waals surface area contributed by atoms with Crippen LogP contribution in [0.1, 0.15) is 79.1 Å². The van der Waals surface area contributed by atoms with E-state index in [2.05, 4.69) is 44.9 Å². The van der Waals surface area contributed by atoms with E-state index in [0.717, 1.165) is 10.2 Å². The highest BCUT2D eigenvalue weighted by Crippen LogP contribution is 2.09. The van der Waals surface area contributed by atoms with Gasteiger partial charge in [-0.15, -0.1) is 6.58 Å².